The van der Waals surface area contributed by atoms with E-state index in [1.807, 2.05) is 6.92 Å². The topological polar surface area (TPSA) is 26.3 Å². The number of esters is 1. The van der Waals surface area contributed by atoms with Crippen LogP contribution in [0.2, 0.25) is 0 Å². The summed E-state index contributed by atoms with van der Waals surface area (Å²) in [5.74, 6) is -0.493. The quantitative estimate of drug-likeness (QED) is 0.363. The zero-order chi connectivity index (χ0) is 9.40. The van der Waals surface area contributed by atoms with E-state index in [0.717, 1.165) is 0 Å². The second-order valence-corrected chi connectivity index (χ2v) is 2.28. The zero-order valence-electron chi connectivity index (χ0n) is 7.54. The van der Waals surface area contributed by atoms with Crippen LogP contribution < -0.4 is 0 Å². The van der Waals surface area contributed by atoms with Crippen LogP contribution in [0.25, 0.3) is 0 Å². The maximum absolute atomic E-state index is 11.1. The molecule has 2 nitrogen and oxygen atoms in total. The first kappa shape index (κ1) is 10.7. The molecule has 0 aliphatic carbocycles. The molecule has 0 amide bonds. The van der Waals surface area contributed by atoms with Gasteiger partial charge < -0.3 is 4.74 Å². The molecule has 0 aliphatic heterocycles. The smallest absolute Gasteiger partial charge is 0.313 e. The molecule has 0 aromatic rings. The van der Waals surface area contributed by atoms with Crippen molar-refractivity contribution < 1.29 is 9.53 Å². The second kappa shape index (κ2) is 6.44. The van der Waals surface area contributed by atoms with Crippen LogP contribution in [0.3, 0.4) is 0 Å². The molecule has 0 aromatic carbocycles. The van der Waals surface area contributed by atoms with E-state index >= 15 is 0 Å². The van der Waals surface area contributed by atoms with Crippen LogP contribution in [0.1, 0.15) is 13.3 Å². The Kier molecular flexibility index (Phi) is 5.76. The van der Waals surface area contributed by atoms with E-state index < -0.39 is 0 Å². The van der Waals surface area contributed by atoms with E-state index in [-0.39, 0.29) is 11.9 Å². The van der Waals surface area contributed by atoms with Gasteiger partial charge >= 0.3 is 5.97 Å². The molecule has 0 rings (SSSR count). The molecule has 0 saturated carbocycles. The summed E-state index contributed by atoms with van der Waals surface area (Å²) in [4.78, 5) is 11.1. The van der Waals surface area contributed by atoms with Crippen molar-refractivity contribution in [2.75, 3.05) is 7.11 Å². The van der Waals surface area contributed by atoms with E-state index in [9.17, 15) is 4.79 Å². The third-order valence-corrected chi connectivity index (χ3v) is 1.39. The molecule has 66 valence electrons. The normalized spacial score (nSPS) is 10.8. The standard InChI is InChI=1S/C10H14O2/c1-4-6-8-9(7-5-2)10(11)12-3/h4-5,8-9H,2,7H2,1,3H3. The number of hydrogen-bond donors (Lipinski definition) is 0. The molecule has 0 saturated heterocycles. The minimum atomic E-state index is -0.247. The van der Waals surface area contributed by atoms with E-state index in [0.29, 0.717) is 6.42 Å². The molecular weight excluding hydrogens is 152 g/mol. The highest BCUT2D eigenvalue weighted by atomic mass is 16.5. The Bertz CT molecular complexity index is 208. The lowest BCUT2D eigenvalue weighted by molar-refractivity contribution is -0.143. The summed E-state index contributed by atoms with van der Waals surface area (Å²) >= 11 is 0. The Morgan fingerprint density at radius 2 is 2.42 bits per heavy atom. The summed E-state index contributed by atoms with van der Waals surface area (Å²) in [5, 5.41) is 0. The number of carbonyl (C=O) groups is 1. The molecule has 12 heavy (non-hydrogen) atoms. The van der Waals surface area contributed by atoms with Crippen LogP contribution >= 0.6 is 0 Å². The first-order chi connectivity index (χ1) is 5.76. The van der Waals surface area contributed by atoms with Crippen LogP contribution in [0.5, 0.6) is 0 Å². The minimum absolute atomic E-state index is 0.246. The molecule has 0 spiro atoms. The van der Waals surface area contributed by atoms with Gasteiger partial charge in [0.15, 0.2) is 0 Å². The Morgan fingerprint density at radius 3 is 2.83 bits per heavy atom. The number of methoxy groups -OCH3 is 1. The maximum Gasteiger partial charge on any atom is 0.313 e. The van der Waals surface area contributed by atoms with Gasteiger partial charge in [0.1, 0.15) is 0 Å². The van der Waals surface area contributed by atoms with Gasteiger partial charge in [-0.3, -0.25) is 4.79 Å². The molecule has 2 heteroatoms. The van der Waals surface area contributed by atoms with Gasteiger partial charge in [0.2, 0.25) is 0 Å². The van der Waals surface area contributed by atoms with Crippen molar-refractivity contribution in [3.05, 3.63) is 30.5 Å². The SMILES string of the molecule is C=CCC(C=C=CC)C(=O)OC. The fourth-order valence-electron chi connectivity index (χ4n) is 0.776. The van der Waals surface area contributed by atoms with Crippen LogP contribution in [0.15, 0.2) is 30.5 Å². The van der Waals surface area contributed by atoms with E-state index in [4.69, 9.17) is 0 Å². The van der Waals surface area contributed by atoms with Crippen molar-refractivity contribution >= 4 is 5.97 Å². The average Bonchev–Trinajstić information content (AvgIpc) is 2.11. The number of ether oxygens (including phenoxy) is 1. The summed E-state index contributed by atoms with van der Waals surface area (Å²) in [6.07, 6.45) is 5.72. The van der Waals surface area contributed by atoms with Crippen LogP contribution in [-0.4, -0.2) is 13.1 Å². The molecule has 0 fully saturated rings. The van der Waals surface area contributed by atoms with E-state index in [1.54, 1.807) is 18.2 Å². The maximum atomic E-state index is 11.1. The van der Waals surface area contributed by atoms with Crippen molar-refractivity contribution in [2.45, 2.75) is 13.3 Å². The first-order valence-corrected chi connectivity index (χ1v) is 3.82. The summed E-state index contributed by atoms with van der Waals surface area (Å²) in [5.41, 5.74) is 2.85. The van der Waals surface area contributed by atoms with Crippen LogP contribution in [0, 0.1) is 5.92 Å². The van der Waals surface area contributed by atoms with Gasteiger partial charge in [0.05, 0.1) is 13.0 Å². The lowest BCUT2D eigenvalue weighted by Crippen LogP contribution is -2.12. The van der Waals surface area contributed by atoms with Gasteiger partial charge in [0, 0.05) is 0 Å². The Labute approximate surface area is 73.2 Å². The lowest BCUT2D eigenvalue weighted by Gasteiger charge is -2.04. The van der Waals surface area contributed by atoms with Crippen LogP contribution in [-0.2, 0) is 9.53 Å². The summed E-state index contributed by atoms with van der Waals surface area (Å²) in [7, 11) is 1.38. The fraction of sp³-hybridized carbons (Fsp3) is 0.400. The first-order valence-electron chi connectivity index (χ1n) is 3.82. The molecule has 0 aromatic heterocycles. The summed E-state index contributed by atoms with van der Waals surface area (Å²) in [6.45, 7) is 5.41. The van der Waals surface area contributed by atoms with Crippen molar-refractivity contribution in [1.82, 2.24) is 0 Å². The second-order valence-electron chi connectivity index (χ2n) is 2.28. The van der Waals surface area contributed by atoms with Gasteiger partial charge in [-0.15, -0.1) is 12.3 Å². The average molecular weight is 166 g/mol. The van der Waals surface area contributed by atoms with Crippen LogP contribution in [0.4, 0.5) is 0 Å². The Balaban J connectivity index is 4.31. The van der Waals surface area contributed by atoms with E-state index in [1.165, 1.54) is 7.11 Å². The van der Waals surface area contributed by atoms with Crippen molar-refractivity contribution in [1.29, 1.82) is 0 Å². The molecule has 0 radical (unpaired) electrons. The number of rotatable bonds is 4. The van der Waals surface area contributed by atoms with Gasteiger partial charge in [-0.2, -0.15) is 0 Å². The van der Waals surface area contributed by atoms with E-state index in [2.05, 4.69) is 17.0 Å². The Morgan fingerprint density at radius 1 is 1.75 bits per heavy atom. The minimum Gasteiger partial charge on any atom is -0.469 e. The highest BCUT2D eigenvalue weighted by Crippen LogP contribution is 2.06. The van der Waals surface area contributed by atoms with Gasteiger partial charge in [-0.1, -0.05) is 6.08 Å². The molecule has 0 N–H and O–H groups in total. The third-order valence-electron chi connectivity index (χ3n) is 1.39. The fourth-order valence-corrected chi connectivity index (χ4v) is 0.776. The highest BCUT2D eigenvalue weighted by molar-refractivity contribution is 5.74. The van der Waals surface area contributed by atoms with Crippen molar-refractivity contribution in [2.24, 2.45) is 5.92 Å². The van der Waals surface area contributed by atoms with Gasteiger partial charge in [-0.05, 0) is 25.5 Å². The largest absolute Gasteiger partial charge is 0.469 e. The number of hydrogen-bond acceptors (Lipinski definition) is 2. The molecule has 0 heterocycles. The van der Waals surface area contributed by atoms with Crippen molar-refractivity contribution in [3.63, 3.8) is 0 Å². The van der Waals surface area contributed by atoms with Gasteiger partial charge in [0.25, 0.3) is 0 Å². The summed E-state index contributed by atoms with van der Waals surface area (Å²) < 4.78 is 4.59. The number of carbonyl (C=O) groups excluding carboxylic acids is 1. The molecule has 1 unspecified atom stereocenters. The highest BCUT2D eigenvalue weighted by Gasteiger charge is 2.12. The summed E-state index contributed by atoms with van der Waals surface area (Å²) in [6, 6.07) is 0. The predicted octanol–water partition coefficient (Wildman–Crippen LogP) is 2.08. The Hall–Kier alpha value is -1.27. The molecule has 0 bridgehead atoms. The number of allylic oxidation sites excluding steroid dienone is 1. The molecule has 1 atom stereocenters. The predicted molar refractivity (Wildman–Crippen MR) is 48.6 cm³/mol. The third kappa shape index (κ3) is 3.79. The zero-order valence-corrected chi connectivity index (χ0v) is 7.54. The molecular formula is C10H14O2. The van der Waals surface area contributed by atoms with Crippen molar-refractivity contribution in [3.8, 4) is 0 Å². The lowest BCUT2D eigenvalue weighted by atomic mass is 10.1. The van der Waals surface area contributed by atoms with Gasteiger partial charge in [-0.25, -0.2) is 0 Å². The monoisotopic (exact) mass is 166 g/mol. The molecule has 0 aliphatic rings.